The van der Waals surface area contributed by atoms with Crippen LogP contribution < -0.4 is 5.73 Å². The zero-order valence-electron chi connectivity index (χ0n) is 8.73. The molecule has 2 heterocycles. The van der Waals surface area contributed by atoms with Crippen LogP contribution >= 0.6 is 0 Å². The van der Waals surface area contributed by atoms with Crippen LogP contribution in [0.2, 0.25) is 0 Å². The molecule has 1 aromatic heterocycles. The van der Waals surface area contributed by atoms with Crippen molar-refractivity contribution >= 4 is 0 Å². The lowest BCUT2D eigenvalue weighted by Crippen LogP contribution is -2.10. The molecule has 4 nitrogen and oxygen atoms in total. The van der Waals surface area contributed by atoms with Crippen LogP contribution in [0.25, 0.3) is 0 Å². The second-order valence-electron chi connectivity index (χ2n) is 3.97. The van der Waals surface area contributed by atoms with Gasteiger partial charge in [-0.25, -0.2) is 0 Å². The zero-order chi connectivity index (χ0) is 10.1. The van der Waals surface area contributed by atoms with Crippen LogP contribution in [-0.2, 0) is 11.8 Å². The predicted molar refractivity (Wildman–Crippen MR) is 54.0 cm³/mol. The Labute approximate surface area is 84.0 Å². The molecule has 2 atom stereocenters. The first-order valence-corrected chi connectivity index (χ1v) is 5.05. The Hall–Kier alpha value is -0.870. The quantitative estimate of drug-likeness (QED) is 0.764. The van der Waals surface area contributed by atoms with E-state index in [1.165, 1.54) is 0 Å². The maximum absolute atomic E-state index is 5.83. The van der Waals surface area contributed by atoms with Crippen LogP contribution in [0.4, 0.5) is 0 Å². The highest BCUT2D eigenvalue weighted by Gasteiger charge is 2.21. The molecule has 1 aliphatic rings. The third-order valence-electron chi connectivity index (χ3n) is 2.75. The summed E-state index contributed by atoms with van der Waals surface area (Å²) in [5, 5.41) is 4.47. The standard InChI is InChI=1S/C10H17N3O/c1-7(11)10-5-9(12-13(10)2)8-3-4-14-6-8/h5,7-8H,3-4,6,11H2,1-2H3/t7-,8?/m0/s1. The monoisotopic (exact) mass is 195 g/mol. The fraction of sp³-hybridized carbons (Fsp3) is 0.700. The summed E-state index contributed by atoms with van der Waals surface area (Å²) in [7, 11) is 1.94. The van der Waals surface area contributed by atoms with Crippen molar-refractivity contribution < 1.29 is 4.74 Å². The Balaban J connectivity index is 2.22. The summed E-state index contributed by atoms with van der Waals surface area (Å²) < 4.78 is 7.21. The summed E-state index contributed by atoms with van der Waals surface area (Å²) in [6.07, 6.45) is 1.08. The molecule has 0 radical (unpaired) electrons. The minimum absolute atomic E-state index is 0.0450. The SMILES string of the molecule is C[C@H](N)c1cc(C2CCOC2)nn1C. The fourth-order valence-corrected chi connectivity index (χ4v) is 1.90. The van der Waals surface area contributed by atoms with Crippen molar-refractivity contribution in [3.63, 3.8) is 0 Å². The van der Waals surface area contributed by atoms with Crippen LogP contribution in [0, 0.1) is 0 Å². The van der Waals surface area contributed by atoms with Gasteiger partial charge in [-0.05, 0) is 19.4 Å². The van der Waals surface area contributed by atoms with Gasteiger partial charge < -0.3 is 10.5 Å². The van der Waals surface area contributed by atoms with Crippen LogP contribution in [0.15, 0.2) is 6.07 Å². The minimum atomic E-state index is 0.0450. The van der Waals surface area contributed by atoms with Gasteiger partial charge in [0.25, 0.3) is 0 Å². The van der Waals surface area contributed by atoms with Gasteiger partial charge in [0.05, 0.1) is 18.0 Å². The van der Waals surface area contributed by atoms with E-state index in [4.69, 9.17) is 10.5 Å². The van der Waals surface area contributed by atoms with Crippen LogP contribution in [0.5, 0.6) is 0 Å². The molecule has 1 unspecified atom stereocenters. The van der Waals surface area contributed by atoms with Gasteiger partial charge in [-0.3, -0.25) is 4.68 Å². The van der Waals surface area contributed by atoms with Crippen molar-refractivity contribution in [2.75, 3.05) is 13.2 Å². The van der Waals surface area contributed by atoms with Crippen molar-refractivity contribution in [2.45, 2.75) is 25.3 Å². The van der Waals surface area contributed by atoms with Crippen molar-refractivity contribution in [1.82, 2.24) is 9.78 Å². The van der Waals surface area contributed by atoms with Crippen LogP contribution in [-0.4, -0.2) is 23.0 Å². The molecule has 0 amide bonds. The molecule has 1 aliphatic heterocycles. The highest BCUT2D eigenvalue weighted by molar-refractivity contribution is 5.17. The summed E-state index contributed by atoms with van der Waals surface area (Å²) in [4.78, 5) is 0. The van der Waals surface area contributed by atoms with Gasteiger partial charge >= 0.3 is 0 Å². The first-order chi connectivity index (χ1) is 6.68. The van der Waals surface area contributed by atoms with E-state index in [-0.39, 0.29) is 6.04 Å². The van der Waals surface area contributed by atoms with Crippen molar-refractivity contribution in [1.29, 1.82) is 0 Å². The largest absolute Gasteiger partial charge is 0.381 e. The van der Waals surface area contributed by atoms with Gasteiger partial charge in [0.1, 0.15) is 0 Å². The van der Waals surface area contributed by atoms with Crippen molar-refractivity contribution in [3.8, 4) is 0 Å². The van der Waals surface area contributed by atoms with Gasteiger partial charge in [0, 0.05) is 25.6 Å². The van der Waals surface area contributed by atoms with Gasteiger partial charge in [0.15, 0.2) is 0 Å². The first kappa shape index (κ1) is 9.68. The summed E-state index contributed by atoms with van der Waals surface area (Å²) in [5.74, 6) is 0.466. The number of nitrogens with zero attached hydrogens (tertiary/aromatic N) is 2. The van der Waals surface area contributed by atoms with Crippen LogP contribution in [0.3, 0.4) is 0 Å². The number of aryl methyl sites for hydroxylation is 1. The summed E-state index contributed by atoms with van der Waals surface area (Å²) >= 11 is 0. The second-order valence-corrected chi connectivity index (χ2v) is 3.97. The molecule has 0 aliphatic carbocycles. The normalized spacial score (nSPS) is 24.1. The minimum Gasteiger partial charge on any atom is -0.381 e. The molecule has 4 heteroatoms. The molecule has 0 aromatic carbocycles. The summed E-state index contributed by atoms with van der Waals surface area (Å²) in [6.45, 7) is 3.64. The van der Waals surface area contributed by atoms with E-state index < -0.39 is 0 Å². The number of ether oxygens (including phenoxy) is 1. The van der Waals surface area contributed by atoms with E-state index in [0.29, 0.717) is 5.92 Å². The Morgan fingerprint density at radius 3 is 3.00 bits per heavy atom. The van der Waals surface area contributed by atoms with Crippen LogP contribution in [0.1, 0.15) is 36.7 Å². The molecule has 0 bridgehead atoms. The Morgan fingerprint density at radius 2 is 2.50 bits per heavy atom. The summed E-state index contributed by atoms with van der Waals surface area (Å²) in [5.41, 5.74) is 8.05. The lowest BCUT2D eigenvalue weighted by molar-refractivity contribution is 0.193. The first-order valence-electron chi connectivity index (χ1n) is 5.05. The Morgan fingerprint density at radius 1 is 1.71 bits per heavy atom. The second kappa shape index (κ2) is 3.71. The van der Waals surface area contributed by atoms with Gasteiger partial charge in [-0.15, -0.1) is 0 Å². The topological polar surface area (TPSA) is 53.1 Å². The third-order valence-corrected chi connectivity index (χ3v) is 2.75. The highest BCUT2D eigenvalue weighted by atomic mass is 16.5. The molecule has 2 rings (SSSR count). The van der Waals surface area contributed by atoms with E-state index in [0.717, 1.165) is 31.0 Å². The number of nitrogens with two attached hydrogens (primary N) is 1. The zero-order valence-corrected chi connectivity index (χ0v) is 8.73. The van der Waals surface area contributed by atoms with E-state index in [2.05, 4.69) is 11.2 Å². The van der Waals surface area contributed by atoms with Gasteiger partial charge in [-0.1, -0.05) is 0 Å². The number of hydrogen-bond donors (Lipinski definition) is 1. The molecule has 2 N–H and O–H groups in total. The van der Waals surface area contributed by atoms with E-state index >= 15 is 0 Å². The maximum atomic E-state index is 5.83. The molecule has 78 valence electrons. The van der Waals surface area contributed by atoms with Gasteiger partial charge in [0.2, 0.25) is 0 Å². The third kappa shape index (κ3) is 1.67. The van der Waals surface area contributed by atoms with E-state index in [1.807, 2.05) is 18.7 Å². The molecule has 0 saturated carbocycles. The molecule has 14 heavy (non-hydrogen) atoms. The van der Waals surface area contributed by atoms with Gasteiger partial charge in [-0.2, -0.15) is 5.10 Å². The van der Waals surface area contributed by atoms with Crippen molar-refractivity contribution in [3.05, 3.63) is 17.5 Å². The molecular weight excluding hydrogens is 178 g/mol. The van der Waals surface area contributed by atoms with Crippen molar-refractivity contribution in [2.24, 2.45) is 12.8 Å². The lowest BCUT2D eigenvalue weighted by atomic mass is 10.0. The fourth-order valence-electron chi connectivity index (χ4n) is 1.90. The predicted octanol–water partition coefficient (Wildman–Crippen LogP) is 0.944. The summed E-state index contributed by atoms with van der Waals surface area (Å²) in [6, 6.07) is 2.15. The number of aromatic nitrogens is 2. The maximum Gasteiger partial charge on any atom is 0.0682 e. The molecule has 1 fully saturated rings. The molecule has 1 aromatic rings. The molecule has 0 spiro atoms. The van der Waals surface area contributed by atoms with E-state index in [9.17, 15) is 0 Å². The Bertz CT molecular complexity index is 313. The average Bonchev–Trinajstić information content (AvgIpc) is 2.70. The van der Waals surface area contributed by atoms with E-state index in [1.54, 1.807) is 0 Å². The highest BCUT2D eigenvalue weighted by Crippen LogP contribution is 2.25. The molecule has 1 saturated heterocycles. The Kier molecular flexibility index (Phi) is 2.56. The molecular formula is C10H17N3O. The number of hydrogen-bond acceptors (Lipinski definition) is 3. The number of rotatable bonds is 2. The average molecular weight is 195 g/mol. The smallest absolute Gasteiger partial charge is 0.0682 e. The lowest BCUT2D eigenvalue weighted by Gasteiger charge is -2.03.